The van der Waals surface area contributed by atoms with Gasteiger partial charge in [-0.3, -0.25) is 0 Å². The Balaban J connectivity index is -0.0000000333. The van der Waals surface area contributed by atoms with Gasteiger partial charge in [-0.1, -0.05) is 44.6 Å². The third-order valence-corrected chi connectivity index (χ3v) is 10.3. The van der Waals surface area contributed by atoms with Gasteiger partial charge in [0, 0.05) is 6.04 Å². The second kappa shape index (κ2) is 25.8. The quantitative estimate of drug-likeness (QED) is 0.576. The largest absolute Gasteiger partial charge is 0.467 e. The Kier molecular flexibility index (Phi) is 65.3. The van der Waals surface area contributed by atoms with Crippen LogP contribution in [0.4, 0.5) is 0 Å². The lowest BCUT2D eigenvalue weighted by atomic mass is 10.6. The molecule has 0 saturated carbocycles. The summed E-state index contributed by atoms with van der Waals surface area (Å²) < 4.78 is 16.2. The maximum atomic E-state index is 5.41. The third-order valence-electron chi connectivity index (χ3n) is 1.57. The first kappa shape index (κ1) is 43.0. The molecule has 0 aromatic heterocycles. The molecule has 0 heterocycles. The van der Waals surface area contributed by atoms with E-state index in [9.17, 15) is 0 Å². The van der Waals surface area contributed by atoms with Gasteiger partial charge < -0.3 is 12.3 Å². The number of thiol groups is 1. The monoisotopic (exact) mass is 340 g/mol. The standard InChI is InChI=1S/C3H16O3SSi4.6CH4/c7-2-1-3-11(4-8,5-9)6-10;;;;;;/h7H,1-3H2,8-10H3;6*1H4. The molecule has 0 aromatic carbocycles. The van der Waals surface area contributed by atoms with Crippen molar-refractivity contribution in [2.24, 2.45) is 0 Å². The highest BCUT2D eigenvalue weighted by Gasteiger charge is 2.34. The van der Waals surface area contributed by atoms with E-state index in [1.54, 1.807) is 0 Å². The summed E-state index contributed by atoms with van der Waals surface area (Å²) >= 11 is 4.14. The molecule has 17 heavy (non-hydrogen) atoms. The predicted molar refractivity (Wildman–Crippen MR) is 102 cm³/mol. The van der Waals surface area contributed by atoms with Crippen LogP contribution >= 0.6 is 12.6 Å². The molecule has 0 aliphatic heterocycles. The molecule has 0 N–H and O–H groups in total. The van der Waals surface area contributed by atoms with Crippen molar-refractivity contribution in [2.75, 3.05) is 5.75 Å². The summed E-state index contributed by atoms with van der Waals surface area (Å²) in [7, 11) is 0.0382. The maximum absolute atomic E-state index is 5.41. The average molecular weight is 341 g/mol. The molecule has 0 aliphatic carbocycles. The molecular weight excluding hydrogens is 301 g/mol. The van der Waals surface area contributed by atoms with Crippen LogP contribution in [-0.2, 0) is 12.3 Å². The number of hydrogen-bond donors (Lipinski definition) is 1. The molecule has 116 valence electrons. The van der Waals surface area contributed by atoms with E-state index in [0.717, 1.165) is 18.2 Å². The van der Waals surface area contributed by atoms with Crippen LogP contribution in [0.2, 0.25) is 6.04 Å². The fraction of sp³-hybridized carbons (Fsp3) is 1.00. The molecule has 0 atom stereocenters. The molecule has 0 spiro atoms. The summed E-state index contributed by atoms with van der Waals surface area (Å²) in [4.78, 5) is 0. The summed E-state index contributed by atoms with van der Waals surface area (Å²) in [6.45, 7) is 0. The van der Waals surface area contributed by atoms with Crippen molar-refractivity contribution in [1.29, 1.82) is 0 Å². The Morgan fingerprint density at radius 2 is 1.06 bits per heavy atom. The highest BCUT2D eigenvalue weighted by Crippen LogP contribution is 2.13. The molecule has 0 bridgehead atoms. The minimum atomic E-state index is -2.10. The van der Waals surface area contributed by atoms with Crippen molar-refractivity contribution in [3.05, 3.63) is 0 Å². The Morgan fingerprint density at radius 1 is 0.765 bits per heavy atom. The highest BCUT2D eigenvalue weighted by molar-refractivity contribution is 7.80. The molecule has 0 aromatic rings. The number of rotatable bonds is 6. The lowest BCUT2D eigenvalue weighted by Gasteiger charge is -2.25. The van der Waals surface area contributed by atoms with Gasteiger partial charge in [0.2, 0.25) is 0 Å². The molecule has 8 heteroatoms. The highest BCUT2D eigenvalue weighted by atomic mass is 32.1. The van der Waals surface area contributed by atoms with Crippen LogP contribution in [0.25, 0.3) is 0 Å². The summed E-state index contributed by atoms with van der Waals surface area (Å²) in [5.41, 5.74) is 0. The van der Waals surface area contributed by atoms with E-state index in [0.29, 0.717) is 31.5 Å². The van der Waals surface area contributed by atoms with Crippen molar-refractivity contribution >= 4 is 52.9 Å². The fourth-order valence-corrected chi connectivity index (χ4v) is 10.9. The van der Waals surface area contributed by atoms with Gasteiger partial charge in [-0.05, 0) is 12.2 Å². The van der Waals surface area contributed by atoms with Gasteiger partial charge in [-0.2, -0.15) is 12.6 Å². The van der Waals surface area contributed by atoms with E-state index in [2.05, 4.69) is 12.6 Å². The minimum Gasteiger partial charge on any atom is -0.425 e. The zero-order valence-corrected chi connectivity index (χ0v) is 15.2. The molecule has 0 amide bonds. The molecule has 0 saturated heterocycles. The first-order valence-corrected chi connectivity index (χ1v) is 8.52. The van der Waals surface area contributed by atoms with Gasteiger partial charge in [0.05, 0.1) is 0 Å². The minimum absolute atomic E-state index is 0. The Labute approximate surface area is 128 Å². The van der Waals surface area contributed by atoms with E-state index in [4.69, 9.17) is 12.3 Å². The van der Waals surface area contributed by atoms with Gasteiger partial charge in [0.25, 0.3) is 0 Å². The van der Waals surface area contributed by atoms with Crippen molar-refractivity contribution in [2.45, 2.75) is 57.0 Å². The zero-order valence-electron chi connectivity index (χ0n) is 7.29. The topological polar surface area (TPSA) is 27.7 Å². The SMILES string of the molecule is C.C.C.C.C.C.[SiH3]O[Si](CCCS)(O[SiH3])O[SiH3]. The van der Waals surface area contributed by atoms with Crippen LogP contribution in [0.15, 0.2) is 0 Å². The van der Waals surface area contributed by atoms with E-state index < -0.39 is 8.80 Å². The molecule has 0 aliphatic rings. The van der Waals surface area contributed by atoms with E-state index >= 15 is 0 Å². The van der Waals surface area contributed by atoms with E-state index in [-0.39, 0.29) is 44.6 Å². The van der Waals surface area contributed by atoms with E-state index in [1.165, 1.54) is 0 Å². The van der Waals surface area contributed by atoms with Gasteiger partial charge in [-0.25, -0.2) is 0 Å². The first-order chi connectivity index (χ1) is 5.24. The Hall–Kier alpha value is 1.10. The molecular formula is C9H40O3SSi4. The van der Waals surface area contributed by atoms with Gasteiger partial charge in [-0.15, -0.1) is 0 Å². The Morgan fingerprint density at radius 3 is 1.24 bits per heavy atom. The first-order valence-electron chi connectivity index (χ1n) is 3.51. The van der Waals surface area contributed by atoms with Crippen molar-refractivity contribution in [3.63, 3.8) is 0 Å². The van der Waals surface area contributed by atoms with Gasteiger partial charge >= 0.3 is 8.80 Å². The lowest BCUT2D eigenvalue weighted by Crippen LogP contribution is -2.44. The molecule has 0 rings (SSSR count). The average Bonchev–Trinajstić information content (AvgIpc) is 2.08. The maximum Gasteiger partial charge on any atom is 0.467 e. The van der Waals surface area contributed by atoms with Crippen molar-refractivity contribution < 1.29 is 12.3 Å². The van der Waals surface area contributed by atoms with Gasteiger partial charge in [0.1, 0.15) is 31.5 Å². The fourth-order valence-electron chi connectivity index (χ4n) is 0.852. The summed E-state index contributed by atoms with van der Waals surface area (Å²) in [6, 6.07) is 0.938. The van der Waals surface area contributed by atoms with Gasteiger partial charge in [0.15, 0.2) is 0 Å². The van der Waals surface area contributed by atoms with Crippen LogP contribution in [-0.4, -0.2) is 46.0 Å². The number of hydrogen-bond acceptors (Lipinski definition) is 4. The molecule has 0 fully saturated rings. The second-order valence-electron chi connectivity index (χ2n) is 2.12. The lowest BCUT2D eigenvalue weighted by molar-refractivity contribution is 0.294. The van der Waals surface area contributed by atoms with Crippen LogP contribution in [0.1, 0.15) is 51.0 Å². The molecule has 0 unspecified atom stereocenters. The summed E-state index contributed by atoms with van der Waals surface area (Å²) in [5, 5.41) is 0. The molecule has 3 nitrogen and oxygen atoms in total. The zero-order chi connectivity index (χ0) is 8.74. The smallest absolute Gasteiger partial charge is 0.425 e. The van der Waals surface area contributed by atoms with Crippen LogP contribution in [0.3, 0.4) is 0 Å². The third kappa shape index (κ3) is 17.1. The predicted octanol–water partition coefficient (Wildman–Crippen LogP) is 0.953. The van der Waals surface area contributed by atoms with Crippen LogP contribution < -0.4 is 0 Å². The van der Waals surface area contributed by atoms with Crippen LogP contribution in [0, 0.1) is 0 Å². The normalized spacial score (nSPS) is 11.1. The molecule has 0 radical (unpaired) electrons. The second-order valence-corrected chi connectivity index (χ2v) is 9.33. The Bertz CT molecular complexity index is 100.0. The van der Waals surface area contributed by atoms with Crippen molar-refractivity contribution in [3.8, 4) is 0 Å². The summed E-state index contributed by atoms with van der Waals surface area (Å²) in [5.74, 6) is 0.884. The summed E-state index contributed by atoms with van der Waals surface area (Å²) in [6.07, 6.45) is 1.03. The van der Waals surface area contributed by atoms with Crippen LogP contribution in [0.5, 0.6) is 0 Å². The van der Waals surface area contributed by atoms with E-state index in [1.807, 2.05) is 0 Å². The van der Waals surface area contributed by atoms with Crippen molar-refractivity contribution in [1.82, 2.24) is 0 Å².